The fraction of sp³-hybridized carbons (Fsp3) is 0.800. The lowest BCUT2D eigenvalue weighted by atomic mass is 9.97. The molecule has 0 unspecified atom stereocenters. The van der Waals surface area contributed by atoms with Crippen molar-refractivity contribution in [2.75, 3.05) is 26.7 Å². The Morgan fingerprint density at radius 3 is 2.87 bits per heavy atom. The lowest BCUT2D eigenvalue weighted by molar-refractivity contribution is 0.248. The summed E-state index contributed by atoms with van der Waals surface area (Å²) in [5.41, 5.74) is 5.43. The molecule has 0 atom stereocenters. The first-order valence-electron chi connectivity index (χ1n) is 5.50. The van der Waals surface area contributed by atoms with Gasteiger partial charge in [0.05, 0.1) is 0 Å². The SMILES string of the molecule is CN1CCC(c2noc(CCN)n2)CC1. The van der Waals surface area contributed by atoms with Crippen molar-refractivity contribution in [1.29, 1.82) is 0 Å². The molecule has 1 saturated heterocycles. The predicted octanol–water partition coefficient (Wildman–Crippen LogP) is 0.380. The van der Waals surface area contributed by atoms with Crippen molar-refractivity contribution in [1.82, 2.24) is 15.0 Å². The number of likely N-dealkylation sites (tertiary alicyclic amines) is 1. The monoisotopic (exact) mass is 210 g/mol. The summed E-state index contributed by atoms with van der Waals surface area (Å²) in [5.74, 6) is 2.01. The molecule has 1 aliphatic rings. The number of hydrogen-bond acceptors (Lipinski definition) is 5. The molecule has 84 valence electrons. The second-order valence-electron chi connectivity index (χ2n) is 4.16. The maximum atomic E-state index is 5.43. The highest BCUT2D eigenvalue weighted by Crippen LogP contribution is 2.24. The van der Waals surface area contributed by atoms with E-state index in [0.29, 0.717) is 24.8 Å². The predicted molar refractivity (Wildman–Crippen MR) is 56.5 cm³/mol. The number of hydrogen-bond donors (Lipinski definition) is 1. The quantitative estimate of drug-likeness (QED) is 0.781. The summed E-state index contributed by atoms with van der Waals surface area (Å²) in [6.07, 6.45) is 2.93. The van der Waals surface area contributed by atoms with Crippen molar-refractivity contribution in [3.05, 3.63) is 11.7 Å². The van der Waals surface area contributed by atoms with E-state index < -0.39 is 0 Å². The number of piperidine rings is 1. The van der Waals surface area contributed by atoms with Gasteiger partial charge in [0.2, 0.25) is 5.89 Å². The maximum Gasteiger partial charge on any atom is 0.227 e. The van der Waals surface area contributed by atoms with Crippen LogP contribution in [0, 0.1) is 0 Å². The first kappa shape index (κ1) is 10.6. The van der Waals surface area contributed by atoms with Gasteiger partial charge >= 0.3 is 0 Å². The highest BCUT2D eigenvalue weighted by molar-refractivity contribution is 4.97. The highest BCUT2D eigenvalue weighted by Gasteiger charge is 2.22. The van der Waals surface area contributed by atoms with Gasteiger partial charge in [-0.25, -0.2) is 0 Å². The Morgan fingerprint density at radius 1 is 1.47 bits per heavy atom. The Labute approximate surface area is 89.6 Å². The smallest absolute Gasteiger partial charge is 0.227 e. The number of rotatable bonds is 3. The summed E-state index contributed by atoms with van der Waals surface area (Å²) in [6.45, 7) is 2.80. The summed E-state index contributed by atoms with van der Waals surface area (Å²) in [7, 11) is 2.15. The van der Waals surface area contributed by atoms with Crippen LogP contribution >= 0.6 is 0 Å². The van der Waals surface area contributed by atoms with Crippen LogP contribution in [0.3, 0.4) is 0 Å². The lowest BCUT2D eigenvalue weighted by Gasteiger charge is -2.26. The average Bonchev–Trinajstić information content (AvgIpc) is 2.68. The molecule has 2 heterocycles. The van der Waals surface area contributed by atoms with Crippen LogP contribution in [-0.4, -0.2) is 41.7 Å². The van der Waals surface area contributed by atoms with Crippen molar-refractivity contribution in [3.63, 3.8) is 0 Å². The zero-order valence-electron chi connectivity index (χ0n) is 9.15. The molecule has 0 radical (unpaired) electrons. The van der Waals surface area contributed by atoms with E-state index in [0.717, 1.165) is 31.8 Å². The van der Waals surface area contributed by atoms with E-state index in [1.54, 1.807) is 0 Å². The van der Waals surface area contributed by atoms with Crippen molar-refractivity contribution in [3.8, 4) is 0 Å². The van der Waals surface area contributed by atoms with Crippen molar-refractivity contribution in [2.24, 2.45) is 5.73 Å². The molecular weight excluding hydrogens is 192 g/mol. The first-order valence-corrected chi connectivity index (χ1v) is 5.50. The Balaban J connectivity index is 1.96. The van der Waals surface area contributed by atoms with E-state index in [1.165, 1.54) is 0 Å². The second-order valence-corrected chi connectivity index (χ2v) is 4.16. The third-order valence-corrected chi connectivity index (χ3v) is 2.93. The molecule has 1 aromatic heterocycles. The Morgan fingerprint density at radius 2 is 2.20 bits per heavy atom. The van der Waals surface area contributed by atoms with Crippen LogP contribution in [0.5, 0.6) is 0 Å². The van der Waals surface area contributed by atoms with Gasteiger partial charge in [-0.15, -0.1) is 0 Å². The van der Waals surface area contributed by atoms with Gasteiger partial charge in [-0.3, -0.25) is 0 Å². The van der Waals surface area contributed by atoms with Crippen LogP contribution in [0.25, 0.3) is 0 Å². The summed E-state index contributed by atoms with van der Waals surface area (Å²) < 4.78 is 5.13. The number of nitrogens with two attached hydrogens (primary N) is 1. The molecule has 1 aliphatic heterocycles. The summed E-state index contributed by atoms with van der Waals surface area (Å²) >= 11 is 0. The Kier molecular flexibility index (Phi) is 3.33. The van der Waals surface area contributed by atoms with Gasteiger partial charge in [-0.05, 0) is 33.0 Å². The van der Waals surface area contributed by atoms with Gasteiger partial charge in [0.1, 0.15) is 0 Å². The first-order chi connectivity index (χ1) is 7.29. The minimum atomic E-state index is 0.469. The summed E-state index contributed by atoms with van der Waals surface area (Å²) in [6, 6.07) is 0. The van der Waals surface area contributed by atoms with Gasteiger partial charge in [-0.1, -0.05) is 5.16 Å². The van der Waals surface area contributed by atoms with E-state index in [-0.39, 0.29) is 0 Å². The maximum absolute atomic E-state index is 5.43. The zero-order valence-corrected chi connectivity index (χ0v) is 9.15. The van der Waals surface area contributed by atoms with E-state index >= 15 is 0 Å². The third kappa shape index (κ3) is 2.54. The van der Waals surface area contributed by atoms with Crippen LogP contribution in [0.1, 0.15) is 30.5 Å². The Bertz CT molecular complexity index is 304. The fourth-order valence-electron chi connectivity index (χ4n) is 1.93. The van der Waals surface area contributed by atoms with Crippen molar-refractivity contribution >= 4 is 0 Å². The van der Waals surface area contributed by atoms with Gasteiger partial charge in [-0.2, -0.15) is 4.98 Å². The van der Waals surface area contributed by atoms with Crippen LogP contribution in [-0.2, 0) is 6.42 Å². The minimum absolute atomic E-state index is 0.469. The van der Waals surface area contributed by atoms with E-state index in [9.17, 15) is 0 Å². The molecule has 0 bridgehead atoms. The molecule has 0 spiro atoms. The molecule has 0 saturated carbocycles. The van der Waals surface area contributed by atoms with Crippen molar-refractivity contribution in [2.45, 2.75) is 25.2 Å². The lowest BCUT2D eigenvalue weighted by Crippen LogP contribution is -2.29. The summed E-state index contributed by atoms with van der Waals surface area (Å²) in [4.78, 5) is 6.70. The van der Waals surface area contributed by atoms with Gasteiger partial charge in [0.25, 0.3) is 0 Å². The Hall–Kier alpha value is -0.940. The number of aromatic nitrogens is 2. The zero-order chi connectivity index (χ0) is 10.7. The van der Waals surface area contributed by atoms with Crippen LogP contribution in [0.4, 0.5) is 0 Å². The largest absolute Gasteiger partial charge is 0.339 e. The average molecular weight is 210 g/mol. The minimum Gasteiger partial charge on any atom is -0.339 e. The molecule has 2 rings (SSSR count). The highest BCUT2D eigenvalue weighted by atomic mass is 16.5. The van der Waals surface area contributed by atoms with Crippen LogP contribution in [0.15, 0.2) is 4.52 Å². The van der Waals surface area contributed by atoms with Gasteiger partial charge in [0, 0.05) is 18.9 Å². The molecule has 1 fully saturated rings. The van der Waals surface area contributed by atoms with Gasteiger partial charge < -0.3 is 15.2 Å². The summed E-state index contributed by atoms with van der Waals surface area (Å²) in [5, 5.41) is 4.02. The third-order valence-electron chi connectivity index (χ3n) is 2.93. The molecule has 5 nitrogen and oxygen atoms in total. The molecule has 5 heteroatoms. The van der Waals surface area contributed by atoms with Crippen molar-refractivity contribution < 1.29 is 4.52 Å². The van der Waals surface area contributed by atoms with Crippen LogP contribution in [0.2, 0.25) is 0 Å². The molecule has 2 N–H and O–H groups in total. The van der Waals surface area contributed by atoms with E-state index in [4.69, 9.17) is 10.3 Å². The molecule has 0 aromatic carbocycles. The molecular formula is C10H18N4O. The van der Waals surface area contributed by atoms with E-state index in [2.05, 4.69) is 22.1 Å². The van der Waals surface area contributed by atoms with Crippen LogP contribution < -0.4 is 5.73 Å². The fourth-order valence-corrected chi connectivity index (χ4v) is 1.93. The molecule has 1 aromatic rings. The topological polar surface area (TPSA) is 68.2 Å². The molecule has 0 aliphatic carbocycles. The second kappa shape index (κ2) is 4.72. The normalized spacial score (nSPS) is 19.6. The van der Waals surface area contributed by atoms with E-state index in [1.807, 2.05) is 0 Å². The molecule has 0 amide bonds. The number of nitrogens with zero attached hydrogens (tertiary/aromatic N) is 3. The standard InChI is InChI=1S/C10H18N4O/c1-14-6-3-8(4-7-14)10-12-9(2-5-11)15-13-10/h8H,2-7,11H2,1H3. The van der Waals surface area contributed by atoms with Gasteiger partial charge in [0.15, 0.2) is 5.82 Å². The molecule has 15 heavy (non-hydrogen) atoms.